The molecule has 1 nitrogen and oxygen atoms in total. The summed E-state index contributed by atoms with van der Waals surface area (Å²) in [5.41, 5.74) is 4.11. The molecule has 1 aliphatic carbocycles. The Kier molecular flexibility index (Phi) is 4.68. The second-order valence-corrected chi connectivity index (χ2v) is 7.02. The summed E-state index contributed by atoms with van der Waals surface area (Å²) in [7, 11) is 0. The zero-order valence-corrected chi connectivity index (χ0v) is 14.4. The van der Waals surface area contributed by atoms with Gasteiger partial charge in [0.25, 0.3) is 0 Å². The molecule has 0 aliphatic heterocycles. The summed E-state index contributed by atoms with van der Waals surface area (Å²) < 4.78 is 1.24. The van der Waals surface area contributed by atoms with Crippen LogP contribution in [0.4, 0.5) is 0 Å². The summed E-state index contributed by atoms with van der Waals surface area (Å²) in [6, 6.07) is 15.5. The monoisotopic (exact) mass is 363 g/mol. The number of fused-ring (bicyclic) bond motifs is 1. The number of halogens is 2. The summed E-state index contributed by atoms with van der Waals surface area (Å²) in [6.45, 7) is 2.24. The molecule has 3 heteroatoms. The van der Waals surface area contributed by atoms with Crippen LogP contribution in [0.15, 0.2) is 46.9 Å². The predicted octanol–water partition coefficient (Wildman–Crippen LogP) is 5.31. The highest BCUT2D eigenvalue weighted by atomic mass is 79.9. The molecule has 0 fully saturated rings. The van der Waals surface area contributed by atoms with E-state index in [1.807, 2.05) is 12.1 Å². The minimum Gasteiger partial charge on any atom is -0.307 e. The van der Waals surface area contributed by atoms with Crippen LogP contribution in [0.1, 0.15) is 36.1 Å². The van der Waals surface area contributed by atoms with Crippen molar-refractivity contribution in [1.82, 2.24) is 5.32 Å². The number of hydrogen-bond donors (Lipinski definition) is 1. The van der Waals surface area contributed by atoms with Gasteiger partial charge in [-0.05, 0) is 55.0 Å². The maximum Gasteiger partial charge on any atom is 0.0438 e. The molecule has 2 aromatic carbocycles. The van der Waals surface area contributed by atoms with Gasteiger partial charge in [-0.15, -0.1) is 0 Å². The second-order valence-electron chi connectivity index (χ2n) is 5.76. The highest BCUT2D eigenvalue weighted by molar-refractivity contribution is 9.10. The van der Waals surface area contributed by atoms with Gasteiger partial charge in [-0.1, -0.05) is 57.9 Å². The van der Waals surface area contributed by atoms with Crippen molar-refractivity contribution >= 4 is 27.5 Å². The minimum atomic E-state index is 0.403. The van der Waals surface area contributed by atoms with Crippen molar-refractivity contribution in [3.8, 4) is 0 Å². The van der Waals surface area contributed by atoms with Crippen LogP contribution in [-0.4, -0.2) is 6.04 Å². The lowest BCUT2D eigenvalue weighted by Gasteiger charge is -2.21. The van der Waals surface area contributed by atoms with Crippen LogP contribution in [0.2, 0.25) is 5.02 Å². The van der Waals surface area contributed by atoms with Crippen LogP contribution in [0, 0.1) is 0 Å². The summed E-state index contributed by atoms with van der Waals surface area (Å²) in [4.78, 5) is 0. The van der Waals surface area contributed by atoms with Gasteiger partial charge in [0.15, 0.2) is 0 Å². The van der Waals surface area contributed by atoms with Gasteiger partial charge in [0.2, 0.25) is 0 Å². The Morgan fingerprint density at radius 3 is 2.86 bits per heavy atom. The van der Waals surface area contributed by atoms with E-state index in [2.05, 4.69) is 58.5 Å². The van der Waals surface area contributed by atoms with E-state index in [4.69, 9.17) is 11.6 Å². The lowest BCUT2D eigenvalue weighted by molar-refractivity contribution is 0.451. The molecule has 2 aromatic rings. The number of hydrogen-bond acceptors (Lipinski definition) is 1. The molecule has 0 heterocycles. The van der Waals surface area contributed by atoms with E-state index < -0.39 is 0 Å². The summed E-state index contributed by atoms with van der Waals surface area (Å²) in [6.07, 6.45) is 3.28. The highest BCUT2D eigenvalue weighted by Gasteiger charge is 2.25. The maximum atomic E-state index is 6.25. The van der Waals surface area contributed by atoms with Gasteiger partial charge in [-0.2, -0.15) is 0 Å². The van der Waals surface area contributed by atoms with Crippen molar-refractivity contribution in [3.05, 3.63) is 68.7 Å². The molecule has 0 radical (unpaired) electrons. The van der Waals surface area contributed by atoms with Crippen LogP contribution >= 0.6 is 27.5 Å². The first kappa shape index (κ1) is 15.1. The molecule has 0 saturated carbocycles. The fourth-order valence-electron chi connectivity index (χ4n) is 3.18. The smallest absolute Gasteiger partial charge is 0.0438 e. The third-order valence-corrected chi connectivity index (χ3v) is 5.29. The molecule has 1 aliphatic rings. The van der Waals surface area contributed by atoms with Gasteiger partial charge >= 0.3 is 0 Å². The van der Waals surface area contributed by atoms with E-state index in [1.54, 1.807) is 0 Å². The summed E-state index contributed by atoms with van der Waals surface area (Å²) in [5.74, 6) is 0. The van der Waals surface area contributed by atoms with Crippen molar-refractivity contribution in [2.45, 2.75) is 38.3 Å². The van der Waals surface area contributed by atoms with Crippen LogP contribution in [0.5, 0.6) is 0 Å². The molecule has 110 valence electrons. The normalized spacial score (nSPS) is 18.5. The number of benzene rings is 2. The van der Waals surface area contributed by atoms with Crippen molar-refractivity contribution in [1.29, 1.82) is 0 Å². The lowest BCUT2D eigenvalue weighted by atomic mass is 10.0. The Labute approximate surface area is 139 Å². The SMILES string of the molecule is CC(Cc1ccccc1Cl)NC1CCc2c(Br)cccc21. The van der Waals surface area contributed by atoms with Crippen LogP contribution in [0.25, 0.3) is 0 Å². The second kappa shape index (κ2) is 6.51. The maximum absolute atomic E-state index is 6.25. The van der Waals surface area contributed by atoms with Gasteiger partial charge in [-0.3, -0.25) is 0 Å². The molecule has 3 rings (SSSR count). The van der Waals surface area contributed by atoms with Gasteiger partial charge < -0.3 is 5.32 Å². The van der Waals surface area contributed by atoms with Crippen molar-refractivity contribution in [2.75, 3.05) is 0 Å². The topological polar surface area (TPSA) is 12.0 Å². The highest BCUT2D eigenvalue weighted by Crippen LogP contribution is 2.36. The Morgan fingerprint density at radius 1 is 1.24 bits per heavy atom. The summed E-state index contributed by atoms with van der Waals surface area (Å²) >= 11 is 9.91. The lowest BCUT2D eigenvalue weighted by Crippen LogP contribution is -2.31. The first-order valence-electron chi connectivity index (χ1n) is 7.42. The molecule has 2 unspecified atom stereocenters. The molecule has 0 bridgehead atoms. The zero-order chi connectivity index (χ0) is 14.8. The van der Waals surface area contributed by atoms with E-state index in [1.165, 1.54) is 27.6 Å². The molecular weight excluding hydrogens is 346 g/mol. The standard InChI is InChI=1S/C18H19BrClN/c1-12(11-13-5-2-3-8-17(13)20)21-18-10-9-14-15(18)6-4-7-16(14)19/h2-8,12,18,21H,9-11H2,1H3. The molecule has 21 heavy (non-hydrogen) atoms. The van der Waals surface area contributed by atoms with Gasteiger partial charge in [0, 0.05) is 21.6 Å². The predicted molar refractivity (Wildman–Crippen MR) is 93.0 cm³/mol. The molecule has 0 spiro atoms. The number of nitrogens with one attached hydrogen (secondary N) is 1. The number of rotatable bonds is 4. The van der Waals surface area contributed by atoms with Crippen molar-refractivity contribution < 1.29 is 0 Å². The Hall–Kier alpha value is -0.830. The fourth-order valence-corrected chi connectivity index (χ4v) is 3.97. The summed E-state index contributed by atoms with van der Waals surface area (Å²) in [5, 5.41) is 4.62. The van der Waals surface area contributed by atoms with Gasteiger partial charge in [0.1, 0.15) is 0 Å². The van der Waals surface area contributed by atoms with E-state index in [0.29, 0.717) is 12.1 Å². The molecule has 0 aromatic heterocycles. The average Bonchev–Trinajstić information content (AvgIpc) is 2.86. The first-order chi connectivity index (χ1) is 10.1. The Morgan fingerprint density at radius 2 is 2.05 bits per heavy atom. The Bertz CT molecular complexity index is 641. The molecular formula is C18H19BrClN. The van der Waals surface area contributed by atoms with Crippen molar-refractivity contribution in [3.63, 3.8) is 0 Å². The van der Waals surface area contributed by atoms with Gasteiger partial charge in [0.05, 0.1) is 0 Å². The van der Waals surface area contributed by atoms with E-state index in [9.17, 15) is 0 Å². The largest absolute Gasteiger partial charge is 0.307 e. The van der Waals surface area contributed by atoms with E-state index in [0.717, 1.165) is 17.9 Å². The first-order valence-corrected chi connectivity index (χ1v) is 8.59. The van der Waals surface area contributed by atoms with E-state index in [-0.39, 0.29) is 0 Å². The molecule has 0 saturated heterocycles. The van der Waals surface area contributed by atoms with Crippen LogP contribution in [-0.2, 0) is 12.8 Å². The molecule has 0 amide bonds. The third kappa shape index (κ3) is 3.33. The minimum absolute atomic E-state index is 0.403. The quantitative estimate of drug-likeness (QED) is 0.775. The molecule has 2 atom stereocenters. The zero-order valence-electron chi connectivity index (χ0n) is 12.1. The van der Waals surface area contributed by atoms with Crippen molar-refractivity contribution in [2.24, 2.45) is 0 Å². The van der Waals surface area contributed by atoms with Crippen LogP contribution < -0.4 is 5.32 Å². The fraction of sp³-hybridized carbons (Fsp3) is 0.333. The third-order valence-electron chi connectivity index (χ3n) is 4.18. The van der Waals surface area contributed by atoms with E-state index >= 15 is 0 Å². The average molecular weight is 365 g/mol. The van der Waals surface area contributed by atoms with Crippen LogP contribution in [0.3, 0.4) is 0 Å². The molecule has 1 N–H and O–H groups in total. The Balaban J connectivity index is 1.69. The van der Waals surface area contributed by atoms with Gasteiger partial charge in [-0.25, -0.2) is 0 Å².